The molecule has 7 heteroatoms. The first kappa shape index (κ1) is 13.4. The van der Waals surface area contributed by atoms with E-state index in [0.29, 0.717) is 12.1 Å². The summed E-state index contributed by atoms with van der Waals surface area (Å²) in [6, 6.07) is -0.0241. The molecule has 0 unspecified atom stereocenters. The first-order valence-electron chi connectivity index (χ1n) is 5.88. The molecule has 2 aromatic rings. The summed E-state index contributed by atoms with van der Waals surface area (Å²) in [5, 5.41) is 8.26. The highest BCUT2D eigenvalue weighted by Crippen LogP contribution is 2.14. The van der Waals surface area contributed by atoms with Gasteiger partial charge in [0.05, 0.1) is 5.69 Å². The van der Waals surface area contributed by atoms with E-state index < -0.39 is 0 Å². The number of nitrogens with one attached hydrogen (secondary N) is 2. The number of aromatic nitrogens is 3. The second-order valence-corrected chi connectivity index (χ2v) is 4.92. The van der Waals surface area contributed by atoms with Crippen LogP contribution >= 0.6 is 11.3 Å². The lowest BCUT2D eigenvalue weighted by Gasteiger charge is -2.12. The number of nitrogens with zero attached hydrogens (tertiary/aromatic N) is 3. The summed E-state index contributed by atoms with van der Waals surface area (Å²) in [6.07, 6.45) is 5.61. The van der Waals surface area contributed by atoms with Crippen LogP contribution in [0.4, 0.5) is 5.13 Å². The minimum atomic E-state index is -0.172. The Hall–Kier alpha value is -2.02. The van der Waals surface area contributed by atoms with E-state index in [1.807, 2.05) is 6.92 Å². The van der Waals surface area contributed by atoms with Gasteiger partial charge in [0.2, 0.25) is 0 Å². The molecule has 0 radical (unpaired) electrons. The van der Waals surface area contributed by atoms with Gasteiger partial charge in [-0.25, -0.2) is 4.98 Å². The number of thiazole rings is 1. The quantitative estimate of drug-likeness (QED) is 0.862. The minimum absolute atomic E-state index is 0.0241. The summed E-state index contributed by atoms with van der Waals surface area (Å²) in [6.45, 7) is 1.93. The van der Waals surface area contributed by atoms with Crippen molar-refractivity contribution in [3.05, 3.63) is 35.4 Å². The van der Waals surface area contributed by atoms with Crippen LogP contribution in [0.2, 0.25) is 0 Å². The zero-order valence-electron chi connectivity index (χ0n) is 10.8. The van der Waals surface area contributed by atoms with Gasteiger partial charge in [-0.15, -0.1) is 11.3 Å². The Morgan fingerprint density at radius 1 is 1.47 bits per heavy atom. The average Bonchev–Trinajstić information content (AvgIpc) is 2.88. The monoisotopic (exact) mass is 277 g/mol. The molecule has 0 saturated carbocycles. The van der Waals surface area contributed by atoms with Crippen molar-refractivity contribution in [1.82, 2.24) is 20.3 Å². The van der Waals surface area contributed by atoms with Crippen molar-refractivity contribution in [2.24, 2.45) is 0 Å². The van der Waals surface area contributed by atoms with Gasteiger partial charge < -0.3 is 10.6 Å². The number of carbonyl (C=O) groups excluding carboxylic acids is 1. The van der Waals surface area contributed by atoms with E-state index in [9.17, 15) is 4.79 Å². The second-order valence-electron chi connectivity index (χ2n) is 4.06. The first-order valence-corrected chi connectivity index (χ1v) is 6.76. The van der Waals surface area contributed by atoms with Crippen LogP contribution in [0.5, 0.6) is 0 Å². The largest absolute Gasteiger partial charge is 0.365 e. The molecule has 6 nitrogen and oxygen atoms in total. The van der Waals surface area contributed by atoms with E-state index in [2.05, 4.69) is 25.6 Å². The Bertz CT molecular complexity index is 542. The van der Waals surface area contributed by atoms with E-state index in [-0.39, 0.29) is 11.9 Å². The maximum absolute atomic E-state index is 11.9. The molecular formula is C12H15N5OS. The van der Waals surface area contributed by atoms with Crippen molar-refractivity contribution >= 4 is 22.4 Å². The third-order valence-electron chi connectivity index (χ3n) is 2.46. The van der Waals surface area contributed by atoms with E-state index in [4.69, 9.17) is 0 Å². The van der Waals surface area contributed by atoms with Crippen LogP contribution < -0.4 is 10.6 Å². The summed E-state index contributed by atoms with van der Waals surface area (Å²) in [5.74, 6) is -0.172. The predicted octanol–water partition coefficient (Wildman–Crippen LogP) is 1.34. The molecule has 1 atom stereocenters. The van der Waals surface area contributed by atoms with Crippen LogP contribution in [0, 0.1) is 0 Å². The highest BCUT2D eigenvalue weighted by Gasteiger charge is 2.13. The molecule has 0 aromatic carbocycles. The molecule has 2 aromatic heterocycles. The average molecular weight is 277 g/mol. The molecule has 1 amide bonds. The number of hydrogen-bond donors (Lipinski definition) is 2. The zero-order valence-corrected chi connectivity index (χ0v) is 11.6. The van der Waals surface area contributed by atoms with Gasteiger partial charge in [0.1, 0.15) is 5.69 Å². The third kappa shape index (κ3) is 3.72. The van der Waals surface area contributed by atoms with Crippen molar-refractivity contribution < 1.29 is 4.79 Å². The van der Waals surface area contributed by atoms with Gasteiger partial charge in [-0.2, -0.15) is 0 Å². The zero-order chi connectivity index (χ0) is 13.7. The van der Waals surface area contributed by atoms with Gasteiger partial charge in [0.25, 0.3) is 5.91 Å². The Balaban J connectivity index is 1.91. The number of anilines is 1. The van der Waals surface area contributed by atoms with E-state index in [0.717, 1.165) is 10.8 Å². The molecule has 100 valence electrons. The Morgan fingerprint density at radius 2 is 2.32 bits per heavy atom. The Kier molecular flexibility index (Phi) is 4.40. The van der Waals surface area contributed by atoms with Gasteiger partial charge in [-0.1, -0.05) is 0 Å². The maximum Gasteiger partial charge on any atom is 0.271 e. The standard InChI is InChI=1S/C12H15N5OS/c1-8(5-9-6-14-3-4-15-9)16-11(18)10-7-19-12(13-2)17-10/h3-4,6-8H,5H2,1-2H3,(H,13,17)(H,16,18)/t8-/m0/s1. The lowest BCUT2D eigenvalue weighted by Crippen LogP contribution is -2.34. The number of rotatable bonds is 5. The maximum atomic E-state index is 11.9. The van der Waals surface area contributed by atoms with Gasteiger partial charge in [-0.05, 0) is 6.92 Å². The lowest BCUT2D eigenvalue weighted by molar-refractivity contribution is 0.0935. The summed E-state index contributed by atoms with van der Waals surface area (Å²) < 4.78 is 0. The Morgan fingerprint density at radius 3 is 2.95 bits per heavy atom. The first-order chi connectivity index (χ1) is 9.19. The smallest absolute Gasteiger partial charge is 0.271 e. The topological polar surface area (TPSA) is 79.8 Å². The van der Waals surface area contributed by atoms with Gasteiger partial charge in [0.15, 0.2) is 5.13 Å². The summed E-state index contributed by atoms with van der Waals surface area (Å²) in [4.78, 5) is 24.3. The summed E-state index contributed by atoms with van der Waals surface area (Å²) in [7, 11) is 1.78. The molecule has 0 aliphatic rings. The van der Waals surface area contributed by atoms with Crippen molar-refractivity contribution in [3.8, 4) is 0 Å². The van der Waals surface area contributed by atoms with Crippen LogP contribution in [-0.2, 0) is 6.42 Å². The van der Waals surface area contributed by atoms with Crippen LogP contribution in [0.3, 0.4) is 0 Å². The summed E-state index contributed by atoms with van der Waals surface area (Å²) in [5.41, 5.74) is 1.28. The van der Waals surface area contributed by atoms with E-state index >= 15 is 0 Å². The van der Waals surface area contributed by atoms with Crippen LogP contribution in [0.15, 0.2) is 24.0 Å². The lowest BCUT2D eigenvalue weighted by atomic mass is 10.2. The molecule has 0 spiro atoms. The van der Waals surface area contributed by atoms with Crippen molar-refractivity contribution in [2.45, 2.75) is 19.4 Å². The van der Waals surface area contributed by atoms with Gasteiger partial charge >= 0.3 is 0 Å². The molecule has 0 aliphatic heterocycles. The molecule has 0 saturated heterocycles. The molecule has 19 heavy (non-hydrogen) atoms. The fourth-order valence-corrected chi connectivity index (χ4v) is 2.24. The highest BCUT2D eigenvalue weighted by molar-refractivity contribution is 7.13. The van der Waals surface area contributed by atoms with Gasteiger partial charge in [-0.3, -0.25) is 14.8 Å². The van der Waals surface area contributed by atoms with Crippen LogP contribution in [0.1, 0.15) is 23.1 Å². The number of hydrogen-bond acceptors (Lipinski definition) is 6. The third-order valence-corrected chi connectivity index (χ3v) is 3.32. The highest BCUT2D eigenvalue weighted by atomic mass is 32.1. The number of amides is 1. The molecule has 0 bridgehead atoms. The SMILES string of the molecule is CNc1nc(C(=O)N[C@@H](C)Cc2cnccn2)cs1. The second kappa shape index (κ2) is 6.24. The van der Waals surface area contributed by atoms with Crippen LogP contribution in [-0.4, -0.2) is 33.9 Å². The molecule has 2 heterocycles. The van der Waals surface area contributed by atoms with E-state index in [1.54, 1.807) is 31.0 Å². The van der Waals surface area contributed by atoms with Crippen molar-refractivity contribution in [1.29, 1.82) is 0 Å². The molecule has 0 fully saturated rings. The normalized spacial score (nSPS) is 11.9. The van der Waals surface area contributed by atoms with E-state index in [1.165, 1.54) is 11.3 Å². The summed E-state index contributed by atoms with van der Waals surface area (Å²) >= 11 is 1.40. The number of carbonyl (C=O) groups is 1. The van der Waals surface area contributed by atoms with Crippen molar-refractivity contribution in [2.75, 3.05) is 12.4 Å². The fraction of sp³-hybridized carbons (Fsp3) is 0.333. The van der Waals surface area contributed by atoms with Crippen molar-refractivity contribution in [3.63, 3.8) is 0 Å². The van der Waals surface area contributed by atoms with Crippen LogP contribution in [0.25, 0.3) is 0 Å². The molecule has 0 aliphatic carbocycles. The minimum Gasteiger partial charge on any atom is -0.365 e. The molecular weight excluding hydrogens is 262 g/mol. The Labute approximate surface area is 115 Å². The molecule has 2 N–H and O–H groups in total. The predicted molar refractivity (Wildman–Crippen MR) is 74.3 cm³/mol. The fourth-order valence-electron chi connectivity index (χ4n) is 1.59. The molecule has 2 rings (SSSR count). The van der Waals surface area contributed by atoms with Gasteiger partial charge in [0, 0.05) is 43.5 Å².